The number of H-pyrrole nitrogens is 1. The van der Waals surface area contributed by atoms with Gasteiger partial charge in [0.25, 0.3) is 0 Å². The van der Waals surface area contributed by atoms with Gasteiger partial charge < -0.3 is 20.9 Å². The molecule has 4 N–H and O–H groups in total. The van der Waals surface area contributed by atoms with Gasteiger partial charge in [-0.25, -0.2) is 4.98 Å². The van der Waals surface area contributed by atoms with E-state index in [4.69, 9.17) is 5.73 Å². The first-order valence-electron chi connectivity index (χ1n) is 5.22. The predicted octanol–water partition coefficient (Wildman–Crippen LogP) is -1.13. The number of piperazine rings is 1. The summed E-state index contributed by atoms with van der Waals surface area (Å²) in [6.45, 7) is 1.55. The van der Waals surface area contributed by atoms with Crippen molar-refractivity contribution in [2.24, 2.45) is 0 Å². The molecule has 0 aliphatic carbocycles. The molecule has 1 saturated heterocycles. The van der Waals surface area contributed by atoms with E-state index in [-0.39, 0.29) is 18.4 Å². The minimum atomic E-state index is -0.0268. The van der Waals surface area contributed by atoms with E-state index in [0.29, 0.717) is 30.1 Å². The van der Waals surface area contributed by atoms with Gasteiger partial charge in [0.2, 0.25) is 11.9 Å². The molecule has 17 heavy (non-hydrogen) atoms. The average Bonchev–Trinajstić information content (AvgIpc) is 2.75. The summed E-state index contributed by atoms with van der Waals surface area (Å²) in [6, 6.07) is 0. The smallest absolute Gasteiger partial charge is 0.239 e. The highest BCUT2D eigenvalue weighted by Gasteiger charge is 2.21. The standard InChI is InChI=1S/C9H11N7O/c10-9-14-7-6(12-4-13-7)8(15-9)16-2-1-11-5(17)3-16/h4H,1-3H2,(H,11,17)(H3,10,12,13,14,15). The van der Waals surface area contributed by atoms with Crippen LogP contribution in [-0.2, 0) is 4.79 Å². The average molecular weight is 233 g/mol. The number of aromatic amines is 1. The lowest BCUT2D eigenvalue weighted by Crippen LogP contribution is -2.48. The molecule has 1 fully saturated rings. The molecule has 1 aliphatic heterocycles. The molecule has 1 aliphatic rings. The van der Waals surface area contributed by atoms with Crippen molar-refractivity contribution in [1.82, 2.24) is 25.3 Å². The van der Waals surface area contributed by atoms with Crippen LogP contribution < -0.4 is 16.0 Å². The molecular formula is C9H11N7O. The number of nitrogens with one attached hydrogen (secondary N) is 2. The third kappa shape index (κ3) is 1.63. The van der Waals surface area contributed by atoms with E-state index in [9.17, 15) is 4.79 Å². The number of carbonyl (C=O) groups excluding carboxylic acids is 1. The first kappa shape index (κ1) is 9.82. The van der Waals surface area contributed by atoms with Gasteiger partial charge in [-0.05, 0) is 0 Å². The number of amides is 1. The summed E-state index contributed by atoms with van der Waals surface area (Å²) < 4.78 is 0. The number of carbonyl (C=O) groups is 1. The monoisotopic (exact) mass is 233 g/mol. The van der Waals surface area contributed by atoms with E-state index in [0.717, 1.165) is 0 Å². The number of imidazole rings is 1. The van der Waals surface area contributed by atoms with Crippen molar-refractivity contribution in [2.45, 2.75) is 0 Å². The fourth-order valence-electron chi connectivity index (χ4n) is 1.88. The molecule has 0 unspecified atom stereocenters. The molecule has 0 bridgehead atoms. The summed E-state index contributed by atoms with van der Waals surface area (Å²) in [7, 11) is 0. The zero-order chi connectivity index (χ0) is 11.8. The fraction of sp³-hybridized carbons (Fsp3) is 0.333. The van der Waals surface area contributed by atoms with Gasteiger partial charge >= 0.3 is 0 Å². The van der Waals surface area contributed by atoms with Gasteiger partial charge in [0, 0.05) is 13.1 Å². The summed E-state index contributed by atoms with van der Waals surface area (Å²) in [5.41, 5.74) is 6.84. The summed E-state index contributed by atoms with van der Waals surface area (Å²) in [5.74, 6) is 0.756. The first-order chi connectivity index (χ1) is 8.24. The third-order valence-electron chi connectivity index (χ3n) is 2.62. The second-order valence-electron chi connectivity index (χ2n) is 3.78. The van der Waals surface area contributed by atoms with Crippen LogP contribution in [0.15, 0.2) is 6.33 Å². The van der Waals surface area contributed by atoms with E-state index in [1.54, 1.807) is 0 Å². The highest BCUT2D eigenvalue weighted by Crippen LogP contribution is 2.21. The Kier molecular flexibility index (Phi) is 2.07. The van der Waals surface area contributed by atoms with Crippen LogP contribution in [0, 0.1) is 0 Å². The van der Waals surface area contributed by atoms with Crippen LogP contribution in [0.3, 0.4) is 0 Å². The Balaban J connectivity index is 2.09. The summed E-state index contributed by atoms with van der Waals surface area (Å²) in [4.78, 5) is 28.4. The maximum absolute atomic E-state index is 11.4. The van der Waals surface area contributed by atoms with Crippen LogP contribution in [0.2, 0.25) is 0 Å². The Labute approximate surface area is 96.2 Å². The van der Waals surface area contributed by atoms with Gasteiger partial charge in [0.05, 0.1) is 12.9 Å². The number of hydrogen-bond acceptors (Lipinski definition) is 6. The van der Waals surface area contributed by atoms with Gasteiger partial charge in [0.1, 0.15) is 5.52 Å². The van der Waals surface area contributed by atoms with Gasteiger partial charge in [-0.1, -0.05) is 0 Å². The second kappa shape index (κ2) is 3.58. The van der Waals surface area contributed by atoms with Crippen LogP contribution in [0.25, 0.3) is 11.2 Å². The number of anilines is 2. The van der Waals surface area contributed by atoms with Gasteiger partial charge in [-0.2, -0.15) is 9.97 Å². The quantitative estimate of drug-likeness (QED) is 0.574. The van der Waals surface area contributed by atoms with Gasteiger partial charge in [0.15, 0.2) is 11.5 Å². The van der Waals surface area contributed by atoms with Crippen LogP contribution in [-0.4, -0.2) is 45.5 Å². The first-order valence-corrected chi connectivity index (χ1v) is 5.22. The molecule has 8 heteroatoms. The van der Waals surface area contributed by atoms with Crippen LogP contribution in [0.4, 0.5) is 11.8 Å². The number of nitrogens with two attached hydrogens (primary N) is 1. The lowest BCUT2D eigenvalue weighted by Gasteiger charge is -2.27. The molecule has 0 spiro atoms. The molecule has 0 saturated carbocycles. The highest BCUT2D eigenvalue weighted by atomic mass is 16.2. The topological polar surface area (TPSA) is 113 Å². The minimum absolute atomic E-state index is 0.0268. The highest BCUT2D eigenvalue weighted by molar-refractivity contribution is 5.88. The molecule has 0 radical (unpaired) electrons. The number of fused-ring (bicyclic) bond motifs is 1. The molecule has 0 aromatic carbocycles. The van der Waals surface area contributed by atoms with E-state index in [1.807, 2.05) is 4.90 Å². The molecule has 2 aromatic heterocycles. The van der Waals surface area contributed by atoms with Crippen molar-refractivity contribution >= 4 is 28.8 Å². The summed E-state index contributed by atoms with van der Waals surface area (Å²) in [5, 5.41) is 2.76. The summed E-state index contributed by atoms with van der Waals surface area (Å²) in [6.07, 6.45) is 1.53. The van der Waals surface area contributed by atoms with Crippen molar-refractivity contribution in [3.8, 4) is 0 Å². The molecular weight excluding hydrogens is 222 g/mol. The third-order valence-corrected chi connectivity index (χ3v) is 2.62. The maximum Gasteiger partial charge on any atom is 0.239 e. The number of nitrogens with zero attached hydrogens (tertiary/aromatic N) is 4. The van der Waals surface area contributed by atoms with E-state index >= 15 is 0 Å². The lowest BCUT2D eigenvalue weighted by atomic mass is 10.3. The van der Waals surface area contributed by atoms with Gasteiger partial charge in [-0.15, -0.1) is 0 Å². The number of rotatable bonds is 1. The van der Waals surface area contributed by atoms with Crippen molar-refractivity contribution < 1.29 is 4.79 Å². The molecule has 2 aromatic rings. The number of aromatic nitrogens is 4. The maximum atomic E-state index is 11.4. The van der Waals surface area contributed by atoms with Crippen LogP contribution >= 0.6 is 0 Å². The molecule has 88 valence electrons. The zero-order valence-corrected chi connectivity index (χ0v) is 8.97. The number of hydrogen-bond donors (Lipinski definition) is 3. The van der Waals surface area contributed by atoms with E-state index in [2.05, 4.69) is 25.3 Å². The fourth-order valence-corrected chi connectivity index (χ4v) is 1.88. The summed E-state index contributed by atoms with van der Waals surface area (Å²) >= 11 is 0. The van der Waals surface area contributed by atoms with E-state index in [1.165, 1.54) is 6.33 Å². The molecule has 0 atom stereocenters. The second-order valence-corrected chi connectivity index (χ2v) is 3.78. The lowest BCUT2D eigenvalue weighted by molar-refractivity contribution is -0.120. The van der Waals surface area contributed by atoms with Crippen molar-refractivity contribution in [1.29, 1.82) is 0 Å². The van der Waals surface area contributed by atoms with Crippen molar-refractivity contribution in [3.05, 3.63) is 6.33 Å². The number of nitrogen functional groups attached to an aromatic ring is 1. The Bertz CT molecular complexity index is 578. The SMILES string of the molecule is Nc1nc(N2CCNC(=O)C2)c2[nH]cnc2n1. The van der Waals surface area contributed by atoms with Crippen molar-refractivity contribution in [2.75, 3.05) is 30.3 Å². The van der Waals surface area contributed by atoms with Gasteiger partial charge in [-0.3, -0.25) is 4.79 Å². The van der Waals surface area contributed by atoms with Crippen molar-refractivity contribution in [3.63, 3.8) is 0 Å². The van der Waals surface area contributed by atoms with E-state index < -0.39 is 0 Å². The Morgan fingerprint density at radius 3 is 3.12 bits per heavy atom. The Hall–Kier alpha value is -2.38. The zero-order valence-electron chi connectivity index (χ0n) is 8.97. The molecule has 1 amide bonds. The molecule has 3 rings (SSSR count). The molecule has 3 heterocycles. The van der Waals surface area contributed by atoms with Crippen LogP contribution in [0.1, 0.15) is 0 Å². The minimum Gasteiger partial charge on any atom is -0.368 e. The largest absolute Gasteiger partial charge is 0.368 e. The molecule has 8 nitrogen and oxygen atoms in total. The Morgan fingerprint density at radius 2 is 2.29 bits per heavy atom. The normalized spacial score (nSPS) is 16.2. The van der Waals surface area contributed by atoms with Crippen LogP contribution in [0.5, 0.6) is 0 Å². The Morgan fingerprint density at radius 1 is 1.41 bits per heavy atom. The predicted molar refractivity (Wildman–Crippen MR) is 61.3 cm³/mol.